The summed E-state index contributed by atoms with van der Waals surface area (Å²) < 4.78 is 2.19. The molecule has 0 unspecified atom stereocenters. The van der Waals surface area contributed by atoms with E-state index in [0.717, 1.165) is 36.2 Å². The normalized spacial score (nSPS) is 15.0. The molecule has 5 aromatic rings. The summed E-state index contributed by atoms with van der Waals surface area (Å²) in [6, 6.07) is 10.0. The molecule has 0 saturated heterocycles. The molecule has 2 aliphatic rings. The molecule has 222 valence electrons. The summed E-state index contributed by atoms with van der Waals surface area (Å²) in [6.07, 6.45) is 8.54. The number of hydrogen-bond acceptors (Lipinski definition) is 8. The van der Waals surface area contributed by atoms with E-state index in [4.69, 9.17) is 11.6 Å². The van der Waals surface area contributed by atoms with Gasteiger partial charge in [-0.3, -0.25) is 24.2 Å². The lowest BCUT2D eigenvalue weighted by molar-refractivity contribution is 0.0699. The zero-order valence-electron chi connectivity index (χ0n) is 24.2. The zero-order chi connectivity index (χ0) is 31.2. The predicted molar refractivity (Wildman–Crippen MR) is 174 cm³/mol. The highest BCUT2D eigenvalue weighted by Gasteiger charge is 2.30. The van der Waals surface area contributed by atoms with E-state index < -0.39 is 5.97 Å². The topological polar surface area (TPSA) is 125 Å². The molecule has 9 nitrogen and oxygen atoms in total. The number of rotatable bonds is 5. The molecule has 1 N–H and O–H groups in total. The molecule has 0 atom stereocenters. The van der Waals surface area contributed by atoms with Crippen molar-refractivity contribution in [2.45, 2.75) is 38.8 Å². The van der Waals surface area contributed by atoms with Crippen molar-refractivity contribution in [2.24, 2.45) is 0 Å². The Bertz CT molecular complexity index is 2250. The first-order valence-electron chi connectivity index (χ1n) is 14.5. The lowest BCUT2D eigenvalue weighted by Gasteiger charge is -2.26. The van der Waals surface area contributed by atoms with Crippen LogP contribution >= 0.6 is 22.9 Å². The highest BCUT2D eigenvalue weighted by Crippen LogP contribution is 2.37. The molecule has 7 rings (SSSR count). The number of aromatic carboxylic acids is 1. The third-order valence-electron chi connectivity index (χ3n) is 8.33. The molecule has 1 aliphatic carbocycles. The molecule has 1 saturated carbocycles. The van der Waals surface area contributed by atoms with Gasteiger partial charge in [0.1, 0.15) is 11.9 Å². The fourth-order valence-corrected chi connectivity index (χ4v) is 7.09. The fourth-order valence-electron chi connectivity index (χ4n) is 5.89. The van der Waals surface area contributed by atoms with E-state index in [1.165, 1.54) is 28.7 Å². The first-order chi connectivity index (χ1) is 21.8. The first-order valence-corrected chi connectivity index (χ1v) is 15.7. The number of thiophene rings is 1. The number of carboxylic acid groups (broad SMARTS) is 1. The summed E-state index contributed by atoms with van der Waals surface area (Å²) in [4.78, 5) is 41.5. The second kappa shape index (κ2) is 11.6. The second-order valence-electron chi connectivity index (χ2n) is 11.1. The number of nitriles is 1. The lowest BCUT2D eigenvalue weighted by Crippen LogP contribution is -2.30. The van der Waals surface area contributed by atoms with Crippen molar-refractivity contribution in [3.63, 3.8) is 0 Å². The summed E-state index contributed by atoms with van der Waals surface area (Å²) in [5.41, 5.74) is 4.52. The van der Waals surface area contributed by atoms with Gasteiger partial charge in [0, 0.05) is 52.4 Å². The smallest absolute Gasteiger partial charge is 0.338 e. The third kappa shape index (κ3) is 5.27. The zero-order valence-corrected chi connectivity index (χ0v) is 25.7. The van der Waals surface area contributed by atoms with Crippen LogP contribution in [-0.4, -0.2) is 54.6 Å². The minimum absolute atomic E-state index is 0.0468. The monoisotopic (exact) mass is 632 g/mol. The standard InChI is InChI=1S/C34H25ClN6O3S/c1-19-39-28-17-38-30(21-9-13-40(14-10-21)23-6-7-23)26(16-36)29(28)33(42)41(19)12-2-3-20-4-5-22(35)15-25(20)24-8-11-37-31-27(34(43)44)18-45-32(24)31/h4-5,8-9,11,15,17-18,23H,6-7,10,12-14H2,1H3,(H,43,44). The fraction of sp³-hybridized carbons (Fsp3) is 0.235. The van der Waals surface area contributed by atoms with Gasteiger partial charge in [0.05, 0.1) is 50.7 Å². The molecule has 1 fully saturated rings. The molecular weight excluding hydrogens is 608 g/mol. The number of aryl methyl sites for hydroxylation is 1. The van der Waals surface area contributed by atoms with Crippen LogP contribution in [0.4, 0.5) is 0 Å². The number of nitrogens with zero attached hydrogens (tertiary/aromatic N) is 6. The summed E-state index contributed by atoms with van der Waals surface area (Å²) >= 11 is 7.67. The summed E-state index contributed by atoms with van der Waals surface area (Å²) in [6.45, 7) is 3.52. The Labute approximate surface area is 267 Å². The summed E-state index contributed by atoms with van der Waals surface area (Å²) in [7, 11) is 0. The van der Waals surface area contributed by atoms with Crippen LogP contribution in [0, 0.1) is 30.1 Å². The van der Waals surface area contributed by atoms with Crippen molar-refractivity contribution in [3.05, 3.63) is 91.7 Å². The van der Waals surface area contributed by atoms with Gasteiger partial charge in [-0.05, 0) is 56.0 Å². The largest absolute Gasteiger partial charge is 0.478 e. The molecule has 1 aromatic carbocycles. The molecule has 0 spiro atoms. The number of carbonyl (C=O) groups is 1. The van der Waals surface area contributed by atoms with Crippen LogP contribution in [0.1, 0.15) is 52.3 Å². The van der Waals surface area contributed by atoms with E-state index in [2.05, 4.69) is 43.8 Å². The van der Waals surface area contributed by atoms with Crippen LogP contribution < -0.4 is 5.56 Å². The van der Waals surface area contributed by atoms with E-state index in [-0.39, 0.29) is 28.6 Å². The molecule has 1 aliphatic heterocycles. The van der Waals surface area contributed by atoms with Gasteiger partial charge in [-0.25, -0.2) is 9.78 Å². The van der Waals surface area contributed by atoms with Gasteiger partial charge >= 0.3 is 5.97 Å². The van der Waals surface area contributed by atoms with Crippen molar-refractivity contribution in [2.75, 3.05) is 13.1 Å². The highest BCUT2D eigenvalue weighted by atomic mass is 35.5. The first kappa shape index (κ1) is 28.9. The van der Waals surface area contributed by atoms with E-state index in [0.29, 0.717) is 43.9 Å². The van der Waals surface area contributed by atoms with Gasteiger partial charge in [-0.1, -0.05) is 29.5 Å². The van der Waals surface area contributed by atoms with Crippen molar-refractivity contribution in [3.8, 4) is 29.0 Å². The molecule has 11 heteroatoms. The van der Waals surface area contributed by atoms with Gasteiger partial charge in [-0.15, -0.1) is 11.3 Å². The molecule has 45 heavy (non-hydrogen) atoms. The van der Waals surface area contributed by atoms with E-state index in [1.54, 1.807) is 42.9 Å². The number of halogens is 1. The molecule has 0 radical (unpaired) electrons. The number of aromatic nitrogens is 4. The van der Waals surface area contributed by atoms with Gasteiger partial charge in [0.15, 0.2) is 0 Å². The Morgan fingerprint density at radius 1 is 1.22 bits per heavy atom. The van der Waals surface area contributed by atoms with Crippen LogP contribution in [-0.2, 0) is 6.54 Å². The summed E-state index contributed by atoms with van der Waals surface area (Å²) in [5.74, 6) is 5.71. The van der Waals surface area contributed by atoms with Gasteiger partial charge in [0.2, 0.25) is 0 Å². The molecule has 4 aromatic heterocycles. The Hall–Kier alpha value is -4.87. The van der Waals surface area contributed by atoms with E-state index in [1.807, 2.05) is 6.07 Å². The van der Waals surface area contributed by atoms with Crippen molar-refractivity contribution < 1.29 is 9.90 Å². The SMILES string of the molecule is Cc1nc2cnc(C3=CCN(C4CC4)CC3)c(C#N)c2c(=O)n1CC#Cc1ccc(Cl)cc1-c1ccnc2c(C(=O)O)csc12. The van der Waals surface area contributed by atoms with Gasteiger partial charge in [-0.2, -0.15) is 5.26 Å². The van der Waals surface area contributed by atoms with Crippen LogP contribution in [0.3, 0.4) is 0 Å². The van der Waals surface area contributed by atoms with Crippen LogP contribution in [0.2, 0.25) is 5.02 Å². The average Bonchev–Trinajstić information content (AvgIpc) is 3.80. The van der Waals surface area contributed by atoms with Crippen LogP contribution in [0.25, 0.3) is 37.8 Å². The van der Waals surface area contributed by atoms with Crippen molar-refractivity contribution in [1.82, 2.24) is 24.4 Å². The van der Waals surface area contributed by atoms with Crippen molar-refractivity contribution >= 4 is 55.6 Å². The molecule has 0 bridgehead atoms. The van der Waals surface area contributed by atoms with Gasteiger partial charge < -0.3 is 5.11 Å². The molecule has 0 amide bonds. The third-order valence-corrected chi connectivity index (χ3v) is 9.56. The number of pyridine rings is 2. The molecule has 5 heterocycles. The second-order valence-corrected chi connectivity index (χ2v) is 12.4. The Balaban J connectivity index is 1.26. The van der Waals surface area contributed by atoms with Crippen LogP contribution in [0.5, 0.6) is 0 Å². The minimum Gasteiger partial charge on any atom is -0.478 e. The quantitative estimate of drug-likeness (QED) is 0.237. The van der Waals surface area contributed by atoms with E-state index >= 15 is 0 Å². The highest BCUT2D eigenvalue weighted by molar-refractivity contribution is 7.18. The Morgan fingerprint density at radius 3 is 2.80 bits per heavy atom. The minimum atomic E-state index is -1.04. The number of hydrogen-bond donors (Lipinski definition) is 1. The van der Waals surface area contributed by atoms with Crippen LogP contribution in [0.15, 0.2) is 52.9 Å². The Morgan fingerprint density at radius 2 is 2.07 bits per heavy atom. The maximum Gasteiger partial charge on any atom is 0.338 e. The maximum atomic E-state index is 13.9. The number of benzene rings is 1. The number of carboxylic acids is 1. The predicted octanol–water partition coefficient (Wildman–Crippen LogP) is 5.90. The molecular formula is C34H25ClN6O3S. The average molecular weight is 633 g/mol. The lowest BCUT2D eigenvalue weighted by atomic mass is 9.98. The Kier molecular flexibility index (Phi) is 7.42. The van der Waals surface area contributed by atoms with E-state index in [9.17, 15) is 20.0 Å². The van der Waals surface area contributed by atoms with Crippen molar-refractivity contribution in [1.29, 1.82) is 5.26 Å². The maximum absolute atomic E-state index is 13.9. The summed E-state index contributed by atoms with van der Waals surface area (Å²) in [5, 5.41) is 22.1. The number of fused-ring (bicyclic) bond motifs is 2. The van der Waals surface area contributed by atoms with Gasteiger partial charge in [0.25, 0.3) is 5.56 Å².